The number of nitrogens with zero attached hydrogens (tertiary/aromatic N) is 2. The molecule has 0 spiro atoms. The van der Waals surface area contributed by atoms with Crippen LogP contribution >= 0.6 is 0 Å². The summed E-state index contributed by atoms with van der Waals surface area (Å²) in [5, 5.41) is 7.86. The van der Waals surface area contributed by atoms with E-state index in [4.69, 9.17) is 4.42 Å². The molecule has 0 aliphatic carbocycles. The van der Waals surface area contributed by atoms with Crippen LogP contribution in [0.15, 0.2) is 29.0 Å². The van der Waals surface area contributed by atoms with Gasteiger partial charge < -0.3 is 9.73 Å². The van der Waals surface area contributed by atoms with E-state index < -0.39 is 0 Å². The lowest BCUT2D eigenvalue weighted by molar-refractivity contribution is 0.459. The van der Waals surface area contributed by atoms with E-state index in [1.54, 1.807) is 6.26 Å². The van der Waals surface area contributed by atoms with E-state index >= 15 is 0 Å². The van der Waals surface area contributed by atoms with Crippen LogP contribution in [0.3, 0.4) is 0 Å². The predicted octanol–water partition coefficient (Wildman–Crippen LogP) is 2.43. The van der Waals surface area contributed by atoms with E-state index in [0.29, 0.717) is 6.04 Å². The van der Waals surface area contributed by atoms with Crippen molar-refractivity contribution in [1.82, 2.24) is 15.1 Å². The van der Waals surface area contributed by atoms with Crippen LogP contribution in [0.4, 0.5) is 0 Å². The Morgan fingerprint density at radius 3 is 2.94 bits per heavy atom. The fraction of sp³-hybridized carbons (Fsp3) is 0.500. The van der Waals surface area contributed by atoms with Crippen LogP contribution in [-0.2, 0) is 20.0 Å². The van der Waals surface area contributed by atoms with Gasteiger partial charge in [-0.3, -0.25) is 4.68 Å². The predicted molar refractivity (Wildman–Crippen MR) is 71.3 cm³/mol. The molecule has 0 fully saturated rings. The number of aromatic nitrogens is 2. The molecule has 2 rings (SSSR count). The fourth-order valence-corrected chi connectivity index (χ4v) is 2.02. The van der Waals surface area contributed by atoms with Crippen LogP contribution in [0.25, 0.3) is 0 Å². The van der Waals surface area contributed by atoms with E-state index in [1.807, 2.05) is 30.8 Å². The highest BCUT2D eigenvalue weighted by molar-refractivity contribution is 5.14. The minimum Gasteiger partial charge on any atom is -0.469 e. The molecule has 0 aromatic carbocycles. The molecule has 0 radical (unpaired) electrons. The Labute approximate surface area is 108 Å². The Kier molecular flexibility index (Phi) is 4.20. The highest BCUT2D eigenvalue weighted by Gasteiger charge is 2.06. The van der Waals surface area contributed by atoms with Crippen molar-refractivity contribution >= 4 is 0 Å². The zero-order valence-electron chi connectivity index (χ0n) is 11.3. The molecule has 0 bridgehead atoms. The van der Waals surface area contributed by atoms with Crippen molar-refractivity contribution in [3.8, 4) is 0 Å². The van der Waals surface area contributed by atoms with Crippen LogP contribution in [0.1, 0.15) is 30.4 Å². The summed E-state index contributed by atoms with van der Waals surface area (Å²) in [6.45, 7) is 5.12. The summed E-state index contributed by atoms with van der Waals surface area (Å²) in [5.74, 6) is 1.06. The van der Waals surface area contributed by atoms with Crippen LogP contribution < -0.4 is 5.32 Å². The van der Waals surface area contributed by atoms with Crippen LogP contribution in [-0.4, -0.2) is 15.8 Å². The molecule has 1 N–H and O–H groups in total. The standard InChI is InChI=1S/C14H21N3O/c1-11(6-7-14-5-4-8-18-14)15-9-13-10-17(3)16-12(13)2/h4-5,8,10-11,15H,6-7,9H2,1-3H3. The Balaban J connectivity index is 1.74. The van der Waals surface area contributed by atoms with Crippen molar-refractivity contribution in [3.63, 3.8) is 0 Å². The second-order valence-corrected chi connectivity index (χ2v) is 4.81. The molecule has 0 amide bonds. The first-order chi connectivity index (χ1) is 8.65. The SMILES string of the molecule is Cc1nn(C)cc1CNC(C)CCc1ccco1. The van der Waals surface area contributed by atoms with Gasteiger partial charge in [0.05, 0.1) is 12.0 Å². The zero-order valence-corrected chi connectivity index (χ0v) is 11.3. The number of hydrogen-bond donors (Lipinski definition) is 1. The lowest BCUT2D eigenvalue weighted by Gasteiger charge is -2.12. The monoisotopic (exact) mass is 247 g/mol. The van der Waals surface area contributed by atoms with Gasteiger partial charge >= 0.3 is 0 Å². The summed E-state index contributed by atoms with van der Waals surface area (Å²) >= 11 is 0. The molecule has 18 heavy (non-hydrogen) atoms. The van der Waals surface area contributed by atoms with Gasteiger partial charge in [0.2, 0.25) is 0 Å². The van der Waals surface area contributed by atoms with Crippen molar-refractivity contribution in [1.29, 1.82) is 0 Å². The Morgan fingerprint density at radius 1 is 1.50 bits per heavy atom. The maximum Gasteiger partial charge on any atom is 0.103 e. The Bertz CT molecular complexity index is 473. The minimum atomic E-state index is 0.467. The highest BCUT2D eigenvalue weighted by Crippen LogP contribution is 2.08. The quantitative estimate of drug-likeness (QED) is 0.852. The molecule has 1 unspecified atom stereocenters. The molecular weight excluding hydrogens is 226 g/mol. The number of aryl methyl sites for hydroxylation is 3. The van der Waals surface area contributed by atoms with Gasteiger partial charge in [-0.05, 0) is 32.4 Å². The fourth-order valence-electron chi connectivity index (χ4n) is 2.02. The van der Waals surface area contributed by atoms with Gasteiger partial charge in [-0.25, -0.2) is 0 Å². The van der Waals surface area contributed by atoms with Crippen LogP contribution in [0.5, 0.6) is 0 Å². The summed E-state index contributed by atoms with van der Waals surface area (Å²) in [7, 11) is 1.96. The van der Waals surface area contributed by atoms with Gasteiger partial charge in [0.15, 0.2) is 0 Å². The summed E-state index contributed by atoms with van der Waals surface area (Å²) in [4.78, 5) is 0. The molecule has 0 saturated carbocycles. The first-order valence-corrected chi connectivity index (χ1v) is 6.40. The normalized spacial score (nSPS) is 12.8. The molecule has 1 atom stereocenters. The first kappa shape index (κ1) is 12.9. The third-order valence-corrected chi connectivity index (χ3v) is 3.16. The maximum atomic E-state index is 5.33. The minimum absolute atomic E-state index is 0.467. The highest BCUT2D eigenvalue weighted by atomic mass is 16.3. The molecule has 98 valence electrons. The van der Waals surface area contributed by atoms with Gasteiger partial charge in [0, 0.05) is 37.8 Å². The topological polar surface area (TPSA) is 43.0 Å². The summed E-state index contributed by atoms with van der Waals surface area (Å²) in [6.07, 6.45) is 5.86. The number of rotatable bonds is 6. The molecule has 2 heterocycles. The van der Waals surface area contributed by atoms with Crippen molar-refractivity contribution in [2.45, 2.75) is 39.3 Å². The lowest BCUT2D eigenvalue weighted by Crippen LogP contribution is -2.26. The molecule has 0 aliphatic heterocycles. The summed E-state index contributed by atoms with van der Waals surface area (Å²) in [6, 6.07) is 4.43. The molecule has 0 saturated heterocycles. The van der Waals surface area contributed by atoms with Crippen molar-refractivity contribution in [3.05, 3.63) is 41.6 Å². The van der Waals surface area contributed by atoms with Crippen LogP contribution in [0, 0.1) is 6.92 Å². The smallest absolute Gasteiger partial charge is 0.103 e. The first-order valence-electron chi connectivity index (χ1n) is 6.40. The Morgan fingerprint density at radius 2 is 2.33 bits per heavy atom. The van der Waals surface area contributed by atoms with Gasteiger partial charge in [-0.15, -0.1) is 0 Å². The summed E-state index contributed by atoms with van der Waals surface area (Å²) < 4.78 is 7.19. The molecule has 4 heteroatoms. The van der Waals surface area contributed by atoms with Gasteiger partial charge in [-0.2, -0.15) is 5.10 Å². The molecule has 4 nitrogen and oxygen atoms in total. The molecule has 2 aromatic heterocycles. The van der Waals surface area contributed by atoms with Crippen molar-refractivity contribution in [2.75, 3.05) is 0 Å². The third-order valence-electron chi connectivity index (χ3n) is 3.16. The molecule has 0 aliphatic rings. The summed E-state index contributed by atoms with van der Waals surface area (Å²) in [5.41, 5.74) is 2.37. The lowest BCUT2D eigenvalue weighted by atomic mass is 10.1. The van der Waals surface area contributed by atoms with Crippen molar-refractivity contribution < 1.29 is 4.42 Å². The van der Waals surface area contributed by atoms with Crippen molar-refractivity contribution in [2.24, 2.45) is 7.05 Å². The molecule has 2 aromatic rings. The number of furan rings is 1. The second-order valence-electron chi connectivity index (χ2n) is 4.81. The van der Waals surface area contributed by atoms with Gasteiger partial charge in [-0.1, -0.05) is 0 Å². The molecular formula is C14H21N3O. The second kappa shape index (κ2) is 5.87. The maximum absolute atomic E-state index is 5.33. The van der Waals surface area contributed by atoms with E-state index in [-0.39, 0.29) is 0 Å². The van der Waals surface area contributed by atoms with E-state index in [2.05, 4.69) is 23.5 Å². The largest absolute Gasteiger partial charge is 0.469 e. The van der Waals surface area contributed by atoms with E-state index in [0.717, 1.165) is 30.8 Å². The third kappa shape index (κ3) is 3.47. The Hall–Kier alpha value is -1.55. The average molecular weight is 247 g/mol. The van der Waals surface area contributed by atoms with Crippen LogP contribution in [0.2, 0.25) is 0 Å². The van der Waals surface area contributed by atoms with E-state index in [9.17, 15) is 0 Å². The number of nitrogens with one attached hydrogen (secondary N) is 1. The average Bonchev–Trinajstić information content (AvgIpc) is 2.94. The zero-order chi connectivity index (χ0) is 13.0. The van der Waals surface area contributed by atoms with Gasteiger partial charge in [0.25, 0.3) is 0 Å². The number of hydrogen-bond acceptors (Lipinski definition) is 3. The van der Waals surface area contributed by atoms with Gasteiger partial charge in [0.1, 0.15) is 5.76 Å². The van der Waals surface area contributed by atoms with E-state index in [1.165, 1.54) is 5.56 Å².